The van der Waals surface area contributed by atoms with Crippen LogP contribution in [0.4, 0.5) is 0 Å². The molecule has 0 aliphatic rings. The summed E-state index contributed by atoms with van der Waals surface area (Å²) in [5, 5.41) is 5.38. The summed E-state index contributed by atoms with van der Waals surface area (Å²) in [4.78, 5) is 3.21. The average molecular weight is 265 g/mol. The van der Waals surface area contributed by atoms with E-state index < -0.39 is 0 Å². The van der Waals surface area contributed by atoms with Crippen molar-refractivity contribution in [3.63, 3.8) is 0 Å². The van der Waals surface area contributed by atoms with Gasteiger partial charge in [0.15, 0.2) is 0 Å². The van der Waals surface area contributed by atoms with Crippen molar-refractivity contribution in [1.82, 2.24) is 4.98 Å². The van der Waals surface area contributed by atoms with Crippen LogP contribution in [0.2, 0.25) is 0 Å². The summed E-state index contributed by atoms with van der Waals surface area (Å²) in [5.41, 5.74) is 9.68. The highest BCUT2D eigenvalue weighted by atomic mass is 35.5. The SMILES string of the molecule is Cl.N[C@@H](c1ccsc1)c1ccc2cc[nH]c2c1. The lowest BCUT2D eigenvalue weighted by Gasteiger charge is -2.10. The number of fused-ring (bicyclic) bond motifs is 1. The van der Waals surface area contributed by atoms with E-state index in [1.807, 2.05) is 6.20 Å². The number of rotatable bonds is 2. The van der Waals surface area contributed by atoms with Crippen LogP contribution in [0.1, 0.15) is 17.2 Å². The fraction of sp³-hybridized carbons (Fsp3) is 0.0769. The van der Waals surface area contributed by atoms with E-state index in [2.05, 4.69) is 46.1 Å². The molecule has 0 saturated heterocycles. The van der Waals surface area contributed by atoms with Crippen molar-refractivity contribution in [2.45, 2.75) is 6.04 Å². The minimum Gasteiger partial charge on any atom is -0.361 e. The predicted octanol–water partition coefficient (Wildman–Crippen LogP) is 3.70. The molecule has 0 radical (unpaired) electrons. The van der Waals surface area contributed by atoms with Crippen LogP contribution in [0, 0.1) is 0 Å². The van der Waals surface area contributed by atoms with E-state index in [0.717, 1.165) is 11.1 Å². The molecular weight excluding hydrogens is 252 g/mol. The molecule has 17 heavy (non-hydrogen) atoms. The van der Waals surface area contributed by atoms with Gasteiger partial charge in [-0.15, -0.1) is 12.4 Å². The van der Waals surface area contributed by atoms with Gasteiger partial charge in [0.2, 0.25) is 0 Å². The fourth-order valence-electron chi connectivity index (χ4n) is 1.90. The highest BCUT2D eigenvalue weighted by Gasteiger charge is 2.09. The van der Waals surface area contributed by atoms with Crippen LogP contribution in [0.5, 0.6) is 0 Å². The maximum Gasteiger partial charge on any atom is 0.0560 e. The van der Waals surface area contributed by atoms with Gasteiger partial charge in [0.25, 0.3) is 0 Å². The molecule has 1 aromatic carbocycles. The summed E-state index contributed by atoms with van der Waals surface area (Å²) in [7, 11) is 0. The first-order valence-corrected chi connectivity index (χ1v) is 6.13. The number of nitrogens with two attached hydrogens (primary N) is 1. The van der Waals surface area contributed by atoms with E-state index in [1.165, 1.54) is 10.9 Å². The Kier molecular flexibility index (Phi) is 3.52. The second kappa shape index (κ2) is 4.92. The number of hydrogen-bond donors (Lipinski definition) is 2. The monoisotopic (exact) mass is 264 g/mol. The molecule has 0 fully saturated rings. The molecule has 3 rings (SSSR count). The molecule has 3 N–H and O–H groups in total. The lowest BCUT2D eigenvalue weighted by molar-refractivity contribution is 0.878. The van der Waals surface area contributed by atoms with Crippen LogP contribution >= 0.6 is 23.7 Å². The molecule has 0 aliphatic carbocycles. The average Bonchev–Trinajstić information content (AvgIpc) is 2.98. The zero-order chi connectivity index (χ0) is 11.0. The molecule has 0 amide bonds. The minimum absolute atomic E-state index is 0. The molecule has 2 nitrogen and oxygen atoms in total. The van der Waals surface area contributed by atoms with Gasteiger partial charge in [-0.1, -0.05) is 12.1 Å². The molecule has 1 atom stereocenters. The van der Waals surface area contributed by atoms with Crippen molar-refractivity contribution in [3.8, 4) is 0 Å². The van der Waals surface area contributed by atoms with Gasteiger partial charge in [0.1, 0.15) is 0 Å². The van der Waals surface area contributed by atoms with Gasteiger partial charge in [0.05, 0.1) is 6.04 Å². The summed E-state index contributed by atoms with van der Waals surface area (Å²) in [6.45, 7) is 0. The molecular formula is C13H13ClN2S. The predicted molar refractivity (Wildman–Crippen MR) is 75.9 cm³/mol. The van der Waals surface area contributed by atoms with E-state index >= 15 is 0 Å². The molecule has 3 aromatic rings. The van der Waals surface area contributed by atoms with Gasteiger partial charge in [-0.05, 0) is 45.5 Å². The third-order valence-corrected chi connectivity index (χ3v) is 3.54. The van der Waals surface area contributed by atoms with E-state index in [4.69, 9.17) is 5.73 Å². The molecule has 0 saturated carbocycles. The summed E-state index contributed by atoms with van der Waals surface area (Å²) >= 11 is 1.68. The van der Waals surface area contributed by atoms with E-state index in [-0.39, 0.29) is 18.4 Å². The van der Waals surface area contributed by atoms with E-state index in [0.29, 0.717) is 0 Å². The Labute approximate surface area is 110 Å². The lowest BCUT2D eigenvalue weighted by atomic mass is 10.0. The number of aromatic nitrogens is 1. The van der Waals surface area contributed by atoms with Crippen LogP contribution in [-0.4, -0.2) is 4.98 Å². The summed E-state index contributed by atoms with van der Waals surface area (Å²) < 4.78 is 0. The van der Waals surface area contributed by atoms with Gasteiger partial charge >= 0.3 is 0 Å². The number of aromatic amines is 1. The Morgan fingerprint density at radius 3 is 2.76 bits per heavy atom. The number of benzene rings is 1. The first-order chi connectivity index (χ1) is 7.84. The molecule has 0 aliphatic heterocycles. The number of halogens is 1. The topological polar surface area (TPSA) is 41.8 Å². The number of hydrogen-bond acceptors (Lipinski definition) is 2. The smallest absolute Gasteiger partial charge is 0.0560 e. The second-order valence-corrected chi connectivity index (χ2v) is 4.64. The maximum absolute atomic E-state index is 6.21. The van der Waals surface area contributed by atoms with Gasteiger partial charge in [-0.25, -0.2) is 0 Å². The highest BCUT2D eigenvalue weighted by molar-refractivity contribution is 7.08. The van der Waals surface area contributed by atoms with Crippen molar-refractivity contribution in [3.05, 3.63) is 58.4 Å². The van der Waals surface area contributed by atoms with Crippen molar-refractivity contribution in [1.29, 1.82) is 0 Å². The van der Waals surface area contributed by atoms with Crippen molar-refractivity contribution in [2.24, 2.45) is 5.73 Å². The minimum atomic E-state index is -0.0288. The Hall–Kier alpha value is -1.29. The summed E-state index contributed by atoms with van der Waals surface area (Å²) in [5.74, 6) is 0. The third kappa shape index (κ3) is 2.22. The van der Waals surface area contributed by atoms with Crippen LogP contribution in [0.15, 0.2) is 47.3 Å². The Bertz CT molecular complexity index is 601. The first kappa shape index (κ1) is 12.2. The number of nitrogens with one attached hydrogen (secondary N) is 1. The van der Waals surface area contributed by atoms with Crippen molar-refractivity contribution < 1.29 is 0 Å². The van der Waals surface area contributed by atoms with Crippen LogP contribution in [0.3, 0.4) is 0 Å². The lowest BCUT2D eigenvalue weighted by Crippen LogP contribution is -2.10. The normalized spacial score (nSPS) is 12.3. The highest BCUT2D eigenvalue weighted by Crippen LogP contribution is 2.24. The molecule has 88 valence electrons. The van der Waals surface area contributed by atoms with Gasteiger partial charge in [-0.3, -0.25) is 0 Å². The quantitative estimate of drug-likeness (QED) is 0.728. The van der Waals surface area contributed by atoms with Gasteiger partial charge < -0.3 is 10.7 Å². The zero-order valence-corrected chi connectivity index (χ0v) is 10.7. The standard InChI is InChI=1S/C13H12N2S.ClH/c14-13(11-4-6-16-8-11)10-2-1-9-3-5-15-12(9)7-10;/h1-8,13,15H,14H2;1H/t13-;/m1./s1. The summed E-state index contributed by atoms with van der Waals surface area (Å²) in [6, 6.07) is 10.4. The maximum atomic E-state index is 6.21. The first-order valence-electron chi connectivity index (χ1n) is 5.19. The molecule has 0 spiro atoms. The number of H-pyrrole nitrogens is 1. The third-order valence-electron chi connectivity index (χ3n) is 2.84. The summed E-state index contributed by atoms with van der Waals surface area (Å²) in [6.07, 6.45) is 1.95. The van der Waals surface area contributed by atoms with E-state index in [1.54, 1.807) is 11.3 Å². The second-order valence-electron chi connectivity index (χ2n) is 3.86. The number of thiophene rings is 1. The largest absolute Gasteiger partial charge is 0.361 e. The van der Waals surface area contributed by atoms with Crippen molar-refractivity contribution in [2.75, 3.05) is 0 Å². The molecule has 2 aromatic heterocycles. The Morgan fingerprint density at radius 2 is 2.00 bits per heavy atom. The van der Waals surface area contributed by atoms with E-state index in [9.17, 15) is 0 Å². The van der Waals surface area contributed by atoms with Crippen LogP contribution < -0.4 is 5.73 Å². The van der Waals surface area contributed by atoms with Crippen molar-refractivity contribution >= 4 is 34.6 Å². The van der Waals surface area contributed by atoms with Gasteiger partial charge in [0, 0.05) is 11.7 Å². The fourth-order valence-corrected chi connectivity index (χ4v) is 2.60. The zero-order valence-electron chi connectivity index (χ0n) is 9.09. The van der Waals surface area contributed by atoms with Crippen LogP contribution in [0.25, 0.3) is 10.9 Å². The molecule has 2 heterocycles. The van der Waals surface area contributed by atoms with Crippen LogP contribution in [-0.2, 0) is 0 Å². The molecule has 0 unspecified atom stereocenters. The Balaban J connectivity index is 0.00000108. The Morgan fingerprint density at radius 1 is 1.12 bits per heavy atom. The molecule has 4 heteroatoms. The van der Waals surface area contributed by atoms with Gasteiger partial charge in [-0.2, -0.15) is 11.3 Å². The molecule has 0 bridgehead atoms.